The third-order valence-electron chi connectivity index (χ3n) is 2.99. The summed E-state index contributed by atoms with van der Waals surface area (Å²) >= 11 is 3.33. The largest absolute Gasteiger partial charge is 0.351 e. The quantitative estimate of drug-likeness (QED) is 0.874. The normalized spacial score (nSPS) is 19.5. The summed E-state index contributed by atoms with van der Waals surface area (Å²) in [5, 5.41) is 3.34. The van der Waals surface area contributed by atoms with Gasteiger partial charge in [0.2, 0.25) is 0 Å². The Morgan fingerprint density at radius 3 is 3.12 bits per heavy atom. The smallest absolute Gasteiger partial charge is 0.267 e. The van der Waals surface area contributed by atoms with Crippen LogP contribution in [0.15, 0.2) is 15.6 Å². The van der Waals surface area contributed by atoms with Crippen LogP contribution in [-0.4, -0.2) is 35.6 Å². The van der Waals surface area contributed by atoms with E-state index < -0.39 is 0 Å². The lowest BCUT2D eigenvalue weighted by Crippen LogP contribution is -2.39. The number of hydrogen-bond acceptors (Lipinski definition) is 4. The number of nitrogens with one attached hydrogen (secondary N) is 2. The van der Waals surface area contributed by atoms with Gasteiger partial charge in [-0.15, -0.1) is 0 Å². The maximum Gasteiger partial charge on any atom is 0.267 e. The van der Waals surface area contributed by atoms with Crippen LogP contribution in [0.2, 0.25) is 0 Å². The first-order chi connectivity index (χ1) is 8.24. The molecule has 1 aliphatic rings. The van der Waals surface area contributed by atoms with Gasteiger partial charge >= 0.3 is 0 Å². The second-order valence-corrected chi connectivity index (χ2v) is 5.00. The fraction of sp³-hybridized carbons (Fsp3) is 0.636. The molecule has 2 N–H and O–H groups in total. The van der Waals surface area contributed by atoms with Crippen LogP contribution in [0, 0.1) is 0 Å². The molecule has 1 aliphatic heterocycles. The Balaban J connectivity index is 2.31. The van der Waals surface area contributed by atoms with Crippen LogP contribution in [-0.2, 0) is 0 Å². The minimum Gasteiger partial charge on any atom is -0.351 e. The van der Waals surface area contributed by atoms with E-state index in [9.17, 15) is 4.79 Å². The Bertz CT molecular complexity index is 428. The molecule has 17 heavy (non-hydrogen) atoms. The third kappa shape index (κ3) is 2.69. The Morgan fingerprint density at radius 1 is 1.65 bits per heavy atom. The predicted octanol–water partition coefficient (Wildman–Crippen LogP) is 1.11. The van der Waals surface area contributed by atoms with Crippen molar-refractivity contribution in [1.82, 2.24) is 15.3 Å². The molecule has 0 spiro atoms. The molecule has 0 amide bonds. The van der Waals surface area contributed by atoms with Gasteiger partial charge in [0.15, 0.2) is 5.82 Å². The van der Waals surface area contributed by atoms with E-state index in [1.54, 1.807) is 0 Å². The first-order valence-corrected chi connectivity index (χ1v) is 6.74. The SMILES string of the molecule is CCCN(c1nc[nH]c(=O)c1Br)C1CCNC1. The van der Waals surface area contributed by atoms with E-state index in [4.69, 9.17) is 0 Å². The number of aromatic amines is 1. The fourth-order valence-corrected chi connectivity index (χ4v) is 2.63. The van der Waals surface area contributed by atoms with Gasteiger partial charge < -0.3 is 15.2 Å². The molecule has 0 aromatic carbocycles. The van der Waals surface area contributed by atoms with E-state index in [-0.39, 0.29) is 5.56 Å². The highest BCUT2D eigenvalue weighted by atomic mass is 79.9. The van der Waals surface area contributed by atoms with E-state index in [0.29, 0.717) is 10.5 Å². The van der Waals surface area contributed by atoms with Crippen LogP contribution in [0.3, 0.4) is 0 Å². The summed E-state index contributed by atoms with van der Waals surface area (Å²) in [6.45, 7) is 5.05. The second-order valence-electron chi connectivity index (χ2n) is 4.21. The Kier molecular flexibility index (Phi) is 4.17. The van der Waals surface area contributed by atoms with Crippen LogP contribution in [0.1, 0.15) is 19.8 Å². The van der Waals surface area contributed by atoms with Crippen molar-refractivity contribution in [1.29, 1.82) is 0 Å². The number of halogens is 1. The average Bonchev–Trinajstić information content (AvgIpc) is 2.84. The Hall–Kier alpha value is -0.880. The maximum absolute atomic E-state index is 11.6. The molecule has 1 atom stereocenters. The summed E-state index contributed by atoms with van der Waals surface area (Å²) in [4.78, 5) is 20.7. The van der Waals surface area contributed by atoms with Crippen LogP contribution >= 0.6 is 15.9 Å². The van der Waals surface area contributed by atoms with Gasteiger partial charge in [-0.3, -0.25) is 4.79 Å². The number of hydrogen-bond donors (Lipinski definition) is 2. The summed E-state index contributed by atoms with van der Waals surface area (Å²) in [6.07, 6.45) is 3.60. The standard InChI is InChI=1S/C11H17BrN4O/c1-2-5-16(8-3-4-13-6-8)10-9(12)11(17)15-7-14-10/h7-8,13H,2-6H2,1H3,(H,14,15,17). The highest BCUT2D eigenvalue weighted by Crippen LogP contribution is 2.23. The molecule has 0 saturated carbocycles. The topological polar surface area (TPSA) is 61.0 Å². The molecule has 0 bridgehead atoms. The summed E-state index contributed by atoms with van der Waals surface area (Å²) in [7, 11) is 0. The molecule has 94 valence electrons. The molecule has 1 fully saturated rings. The van der Waals surface area contributed by atoms with Crippen molar-refractivity contribution < 1.29 is 0 Å². The lowest BCUT2D eigenvalue weighted by molar-refractivity contribution is 0.615. The maximum atomic E-state index is 11.6. The van der Waals surface area contributed by atoms with Crippen molar-refractivity contribution in [3.8, 4) is 0 Å². The molecule has 1 aromatic rings. The molecule has 0 radical (unpaired) electrons. The van der Waals surface area contributed by atoms with Gasteiger partial charge in [-0.05, 0) is 35.3 Å². The van der Waals surface area contributed by atoms with Crippen molar-refractivity contribution in [3.05, 3.63) is 21.2 Å². The zero-order valence-electron chi connectivity index (χ0n) is 9.87. The highest BCUT2D eigenvalue weighted by Gasteiger charge is 2.25. The van der Waals surface area contributed by atoms with E-state index in [0.717, 1.165) is 38.3 Å². The molecule has 0 aliphatic carbocycles. The summed E-state index contributed by atoms with van der Waals surface area (Å²) < 4.78 is 0.528. The van der Waals surface area contributed by atoms with Crippen LogP contribution in [0.5, 0.6) is 0 Å². The van der Waals surface area contributed by atoms with E-state index in [1.165, 1.54) is 6.33 Å². The average molecular weight is 301 g/mol. The van der Waals surface area contributed by atoms with Crippen LogP contribution in [0.25, 0.3) is 0 Å². The Labute approximate surface area is 109 Å². The van der Waals surface area contributed by atoms with Gasteiger partial charge in [-0.2, -0.15) is 0 Å². The first-order valence-electron chi connectivity index (χ1n) is 5.94. The molecule has 2 rings (SSSR count). The van der Waals surface area contributed by atoms with E-state index in [1.807, 2.05) is 0 Å². The van der Waals surface area contributed by atoms with Gasteiger partial charge in [0, 0.05) is 19.1 Å². The molecule has 1 aromatic heterocycles. The minimum atomic E-state index is -0.123. The predicted molar refractivity (Wildman–Crippen MR) is 71.5 cm³/mol. The van der Waals surface area contributed by atoms with Crippen molar-refractivity contribution in [2.24, 2.45) is 0 Å². The fourth-order valence-electron chi connectivity index (χ4n) is 2.18. The van der Waals surface area contributed by atoms with E-state index in [2.05, 4.69) is 43.0 Å². The highest BCUT2D eigenvalue weighted by molar-refractivity contribution is 9.10. The van der Waals surface area contributed by atoms with Gasteiger partial charge in [0.05, 0.1) is 6.33 Å². The number of aromatic nitrogens is 2. The zero-order chi connectivity index (χ0) is 12.3. The summed E-state index contributed by atoms with van der Waals surface area (Å²) in [5.74, 6) is 0.754. The molecular formula is C11H17BrN4O. The number of nitrogens with zero attached hydrogens (tertiary/aromatic N) is 2. The molecule has 1 unspecified atom stereocenters. The molecule has 1 saturated heterocycles. The lowest BCUT2D eigenvalue weighted by Gasteiger charge is -2.29. The van der Waals surface area contributed by atoms with E-state index >= 15 is 0 Å². The molecular weight excluding hydrogens is 284 g/mol. The van der Waals surface area contributed by atoms with Crippen LogP contribution in [0.4, 0.5) is 5.82 Å². The van der Waals surface area contributed by atoms with Crippen LogP contribution < -0.4 is 15.8 Å². The van der Waals surface area contributed by atoms with Crippen molar-refractivity contribution in [3.63, 3.8) is 0 Å². The summed E-state index contributed by atoms with van der Waals surface area (Å²) in [6, 6.07) is 0.431. The van der Waals surface area contributed by atoms with Gasteiger partial charge in [-0.25, -0.2) is 4.98 Å². The monoisotopic (exact) mass is 300 g/mol. The van der Waals surface area contributed by atoms with Gasteiger partial charge in [-0.1, -0.05) is 6.92 Å². The number of rotatable bonds is 4. The van der Waals surface area contributed by atoms with Gasteiger partial charge in [0.1, 0.15) is 4.47 Å². The number of anilines is 1. The second kappa shape index (κ2) is 5.64. The third-order valence-corrected chi connectivity index (χ3v) is 3.70. The Morgan fingerprint density at radius 2 is 2.47 bits per heavy atom. The number of H-pyrrole nitrogens is 1. The van der Waals surface area contributed by atoms with Crippen molar-refractivity contribution in [2.45, 2.75) is 25.8 Å². The molecule has 6 heteroatoms. The molecule has 2 heterocycles. The summed E-state index contributed by atoms with van der Waals surface area (Å²) in [5.41, 5.74) is -0.123. The first kappa shape index (κ1) is 12.6. The lowest BCUT2D eigenvalue weighted by atomic mass is 10.2. The molecule has 5 nitrogen and oxygen atoms in total. The van der Waals surface area contributed by atoms with Crippen molar-refractivity contribution in [2.75, 3.05) is 24.5 Å². The van der Waals surface area contributed by atoms with Gasteiger partial charge in [0.25, 0.3) is 5.56 Å². The van der Waals surface area contributed by atoms with Crippen molar-refractivity contribution >= 4 is 21.7 Å². The minimum absolute atomic E-state index is 0.123. The zero-order valence-corrected chi connectivity index (χ0v) is 11.5.